The monoisotopic (exact) mass is 449 g/mol. The summed E-state index contributed by atoms with van der Waals surface area (Å²) in [5.74, 6) is 0.0179. The van der Waals surface area contributed by atoms with Crippen molar-refractivity contribution in [3.05, 3.63) is 69.9 Å². The van der Waals surface area contributed by atoms with Gasteiger partial charge in [0.15, 0.2) is 5.82 Å². The number of nitrogen functional groups attached to an aromatic ring is 1. The van der Waals surface area contributed by atoms with E-state index in [1.165, 1.54) is 18.1 Å². The summed E-state index contributed by atoms with van der Waals surface area (Å²) in [7, 11) is 0. The van der Waals surface area contributed by atoms with Crippen molar-refractivity contribution in [1.82, 2.24) is 15.4 Å². The molecule has 0 saturated heterocycles. The molecule has 0 unspecified atom stereocenters. The fourth-order valence-corrected chi connectivity index (χ4v) is 3.16. The number of hydrogen-bond acceptors (Lipinski definition) is 6. The summed E-state index contributed by atoms with van der Waals surface area (Å²) in [5.41, 5.74) is 12.3. The lowest BCUT2D eigenvalue weighted by Crippen LogP contribution is -2.30. The number of benzene rings is 2. The first-order valence-electron chi connectivity index (χ1n) is 7.39. The van der Waals surface area contributed by atoms with Crippen molar-refractivity contribution >= 4 is 56.7 Å². The largest absolute Gasteiger partial charge is 0.393 e. The second kappa shape index (κ2) is 8.39. The van der Waals surface area contributed by atoms with Gasteiger partial charge in [0.05, 0.1) is 0 Å². The fraction of sp³-hybridized carbons (Fsp3) is 0. The van der Waals surface area contributed by atoms with Crippen LogP contribution in [0.1, 0.15) is 10.4 Å². The van der Waals surface area contributed by atoms with Crippen molar-refractivity contribution in [2.45, 2.75) is 9.92 Å². The van der Waals surface area contributed by atoms with Crippen molar-refractivity contribution in [3.63, 3.8) is 0 Å². The molecule has 3 rings (SSSR count). The predicted molar refractivity (Wildman–Crippen MR) is 107 cm³/mol. The molecule has 1 heterocycles. The zero-order valence-corrected chi connectivity index (χ0v) is 16.4. The Morgan fingerprint density at radius 2 is 1.77 bits per heavy atom. The van der Waals surface area contributed by atoms with Gasteiger partial charge in [-0.25, -0.2) is 9.97 Å². The number of halogens is 2. The van der Waals surface area contributed by atoms with E-state index in [0.717, 1.165) is 9.37 Å². The van der Waals surface area contributed by atoms with E-state index in [0.29, 0.717) is 27.1 Å². The molecule has 0 aliphatic carbocycles. The molecule has 0 bridgehead atoms. The van der Waals surface area contributed by atoms with Crippen LogP contribution in [-0.2, 0) is 0 Å². The molecule has 0 radical (unpaired) electrons. The van der Waals surface area contributed by atoms with E-state index >= 15 is 0 Å². The molecule has 0 aliphatic rings. The van der Waals surface area contributed by atoms with Gasteiger partial charge in [-0.3, -0.25) is 15.6 Å². The summed E-state index contributed by atoms with van der Waals surface area (Å²) < 4.78 is 0.894. The summed E-state index contributed by atoms with van der Waals surface area (Å²) in [6.07, 6.45) is 1.38. The van der Waals surface area contributed by atoms with Crippen molar-refractivity contribution < 1.29 is 4.79 Å². The Morgan fingerprint density at radius 3 is 2.46 bits per heavy atom. The zero-order chi connectivity index (χ0) is 18.5. The average molecular weight is 451 g/mol. The minimum absolute atomic E-state index is 0.303. The number of amides is 1. The van der Waals surface area contributed by atoms with Crippen LogP contribution in [0.3, 0.4) is 0 Å². The highest BCUT2D eigenvalue weighted by atomic mass is 79.9. The maximum atomic E-state index is 12.2. The standard InChI is InChI=1S/C17H13BrClN5OS/c18-11-3-1-10(2-4-11)16(25)24-23-15-14(20)17(22-9-21-15)26-13-7-5-12(19)6-8-13/h1-9H,20H2,(H,24,25)(H,21,22,23). The molecule has 132 valence electrons. The summed E-state index contributed by atoms with van der Waals surface area (Å²) in [6, 6.07) is 14.3. The van der Waals surface area contributed by atoms with Gasteiger partial charge < -0.3 is 5.73 Å². The average Bonchev–Trinajstić information content (AvgIpc) is 2.64. The normalized spacial score (nSPS) is 10.4. The van der Waals surface area contributed by atoms with Gasteiger partial charge in [0.25, 0.3) is 5.91 Å². The summed E-state index contributed by atoms with van der Waals surface area (Å²) in [6.45, 7) is 0. The number of carbonyl (C=O) groups excluding carboxylic acids is 1. The number of aromatic nitrogens is 2. The quantitative estimate of drug-likeness (QED) is 0.394. The number of rotatable bonds is 5. The lowest BCUT2D eigenvalue weighted by atomic mass is 10.2. The molecule has 0 saturated carbocycles. The Balaban J connectivity index is 1.69. The topological polar surface area (TPSA) is 92.9 Å². The lowest BCUT2D eigenvalue weighted by Gasteiger charge is -2.12. The molecular weight excluding hydrogens is 438 g/mol. The Morgan fingerprint density at radius 1 is 1.08 bits per heavy atom. The van der Waals surface area contributed by atoms with Crippen molar-refractivity contribution in [2.75, 3.05) is 11.2 Å². The SMILES string of the molecule is Nc1c(NNC(=O)c2ccc(Br)cc2)ncnc1Sc1ccc(Cl)cc1. The number of carbonyl (C=O) groups is 1. The summed E-state index contributed by atoms with van der Waals surface area (Å²) in [5, 5.41) is 1.23. The second-order valence-electron chi connectivity index (χ2n) is 5.08. The maximum absolute atomic E-state index is 12.2. The van der Waals surface area contributed by atoms with E-state index in [2.05, 4.69) is 36.7 Å². The van der Waals surface area contributed by atoms with Crippen LogP contribution in [0.15, 0.2) is 69.3 Å². The van der Waals surface area contributed by atoms with Crippen LogP contribution in [0.5, 0.6) is 0 Å². The minimum Gasteiger partial charge on any atom is -0.393 e. The van der Waals surface area contributed by atoms with Crippen LogP contribution in [-0.4, -0.2) is 15.9 Å². The summed E-state index contributed by atoms with van der Waals surface area (Å²) in [4.78, 5) is 21.4. The Labute approximate surface area is 167 Å². The molecule has 0 atom stereocenters. The van der Waals surface area contributed by atoms with E-state index in [4.69, 9.17) is 17.3 Å². The number of anilines is 2. The van der Waals surface area contributed by atoms with Crippen LogP contribution in [0, 0.1) is 0 Å². The van der Waals surface area contributed by atoms with Gasteiger partial charge >= 0.3 is 0 Å². The Bertz CT molecular complexity index is 921. The maximum Gasteiger partial charge on any atom is 0.269 e. The van der Waals surface area contributed by atoms with E-state index in [1.54, 1.807) is 36.4 Å². The number of nitrogens with one attached hydrogen (secondary N) is 2. The van der Waals surface area contributed by atoms with Gasteiger partial charge in [0.2, 0.25) is 0 Å². The smallest absolute Gasteiger partial charge is 0.269 e. The van der Waals surface area contributed by atoms with Crippen LogP contribution in [0.4, 0.5) is 11.5 Å². The number of nitrogens with zero attached hydrogens (tertiary/aromatic N) is 2. The molecule has 1 aromatic heterocycles. The van der Waals surface area contributed by atoms with E-state index in [-0.39, 0.29) is 5.91 Å². The van der Waals surface area contributed by atoms with Gasteiger partial charge in [0.1, 0.15) is 17.0 Å². The summed E-state index contributed by atoms with van der Waals surface area (Å²) >= 11 is 10.6. The van der Waals surface area contributed by atoms with Crippen LogP contribution in [0.2, 0.25) is 5.02 Å². The lowest BCUT2D eigenvalue weighted by molar-refractivity contribution is 0.0962. The third-order valence-corrected chi connectivity index (χ3v) is 5.08. The fourth-order valence-electron chi connectivity index (χ4n) is 1.96. The van der Waals surface area contributed by atoms with Crippen molar-refractivity contribution in [3.8, 4) is 0 Å². The van der Waals surface area contributed by atoms with Crippen LogP contribution in [0.25, 0.3) is 0 Å². The molecule has 9 heteroatoms. The molecule has 26 heavy (non-hydrogen) atoms. The first-order chi connectivity index (χ1) is 12.5. The van der Waals surface area contributed by atoms with Gasteiger partial charge in [-0.2, -0.15) is 0 Å². The number of hydrogen-bond donors (Lipinski definition) is 3. The third kappa shape index (κ3) is 4.66. The van der Waals surface area contributed by atoms with Gasteiger partial charge in [-0.15, -0.1) is 0 Å². The molecule has 6 nitrogen and oxygen atoms in total. The van der Waals surface area contributed by atoms with E-state index in [9.17, 15) is 4.79 Å². The van der Waals surface area contributed by atoms with Crippen LogP contribution >= 0.6 is 39.3 Å². The Hall–Kier alpha value is -2.29. The third-order valence-electron chi connectivity index (χ3n) is 3.28. The molecular formula is C17H13BrClN5OS. The van der Waals surface area contributed by atoms with Gasteiger partial charge in [-0.05, 0) is 48.5 Å². The number of nitrogens with two attached hydrogens (primary N) is 1. The van der Waals surface area contributed by atoms with Gasteiger partial charge in [-0.1, -0.05) is 39.3 Å². The predicted octanol–water partition coefficient (Wildman–Crippen LogP) is 4.38. The van der Waals surface area contributed by atoms with E-state index < -0.39 is 0 Å². The zero-order valence-electron chi connectivity index (χ0n) is 13.2. The van der Waals surface area contributed by atoms with Gasteiger partial charge in [0, 0.05) is 20.0 Å². The minimum atomic E-state index is -0.303. The van der Waals surface area contributed by atoms with Crippen molar-refractivity contribution in [2.24, 2.45) is 0 Å². The molecule has 0 fully saturated rings. The van der Waals surface area contributed by atoms with Crippen LogP contribution < -0.4 is 16.6 Å². The molecule has 0 spiro atoms. The molecule has 2 aromatic carbocycles. The first-order valence-corrected chi connectivity index (χ1v) is 9.37. The highest BCUT2D eigenvalue weighted by Gasteiger charge is 2.11. The molecule has 0 aliphatic heterocycles. The molecule has 3 aromatic rings. The number of hydrazine groups is 1. The molecule has 4 N–H and O–H groups in total. The second-order valence-corrected chi connectivity index (χ2v) is 7.50. The molecule has 1 amide bonds. The Kier molecular flexibility index (Phi) is 5.97. The highest BCUT2D eigenvalue weighted by molar-refractivity contribution is 9.10. The first kappa shape index (κ1) is 18.5. The highest BCUT2D eigenvalue weighted by Crippen LogP contribution is 2.33. The van der Waals surface area contributed by atoms with Crippen molar-refractivity contribution in [1.29, 1.82) is 0 Å². The van der Waals surface area contributed by atoms with E-state index in [1.807, 2.05) is 12.1 Å².